The van der Waals surface area contributed by atoms with E-state index in [2.05, 4.69) is 32.1 Å². The normalized spacial score (nSPS) is 14.5. The molecule has 5 rings (SSSR count). The SMILES string of the molecule is Cn1nnc2nc(N(CC(F)F)c3cc(F)cc(C#CC4(C)CC4)c3)c3c(F)cncc3c21. The first-order valence-electron chi connectivity index (χ1n) is 10.3. The summed E-state index contributed by atoms with van der Waals surface area (Å²) < 4.78 is 58.2. The summed E-state index contributed by atoms with van der Waals surface area (Å²) in [5, 5.41) is 8.12. The number of fused-ring (bicyclic) bond motifs is 3. The summed E-state index contributed by atoms with van der Waals surface area (Å²) in [6, 6.07) is 3.84. The summed E-state index contributed by atoms with van der Waals surface area (Å²) >= 11 is 0. The lowest BCUT2D eigenvalue weighted by atomic mass is 10.1. The van der Waals surface area contributed by atoms with Crippen molar-refractivity contribution in [1.82, 2.24) is 25.0 Å². The molecule has 0 spiro atoms. The van der Waals surface area contributed by atoms with E-state index in [1.165, 1.54) is 23.0 Å². The van der Waals surface area contributed by atoms with E-state index in [0.717, 1.165) is 30.0 Å². The molecule has 0 amide bonds. The highest BCUT2D eigenvalue weighted by Crippen LogP contribution is 2.44. The molecule has 3 aromatic heterocycles. The first kappa shape index (κ1) is 21.1. The van der Waals surface area contributed by atoms with E-state index in [1.54, 1.807) is 7.05 Å². The van der Waals surface area contributed by atoms with Gasteiger partial charge in [-0.2, -0.15) is 0 Å². The largest absolute Gasteiger partial charge is 0.320 e. The fourth-order valence-corrected chi connectivity index (χ4v) is 3.70. The Morgan fingerprint density at radius 2 is 1.97 bits per heavy atom. The molecule has 1 aromatic carbocycles. The molecule has 1 aliphatic rings. The van der Waals surface area contributed by atoms with Crippen LogP contribution in [0.4, 0.5) is 29.1 Å². The smallest absolute Gasteiger partial charge is 0.256 e. The van der Waals surface area contributed by atoms with Crippen LogP contribution >= 0.6 is 0 Å². The van der Waals surface area contributed by atoms with Crippen LogP contribution in [0.1, 0.15) is 25.3 Å². The lowest BCUT2D eigenvalue weighted by Crippen LogP contribution is -2.25. The van der Waals surface area contributed by atoms with Gasteiger partial charge in [-0.15, -0.1) is 5.10 Å². The molecular weight excluding hydrogens is 436 g/mol. The maximum absolute atomic E-state index is 15.0. The third-order valence-electron chi connectivity index (χ3n) is 5.68. The van der Waals surface area contributed by atoms with Crippen LogP contribution in [-0.2, 0) is 7.05 Å². The van der Waals surface area contributed by atoms with Crippen LogP contribution in [0.3, 0.4) is 0 Å². The maximum Gasteiger partial charge on any atom is 0.256 e. The number of aromatic nitrogens is 5. The zero-order chi connectivity index (χ0) is 23.3. The zero-order valence-corrected chi connectivity index (χ0v) is 17.8. The van der Waals surface area contributed by atoms with Gasteiger partial charge in [0.05, 0.1) is 18.1 Å². The quantitative estimate of drug-likeness (QED) is 0.329. The van der Waals surface area contributed by atoms with Crippen LogP contribution in [0.15, 0.2) is 30.6 Å². The van der Waals surface area contributed by atoms with Crippen LogP contribution in [0.25, 0.3) is 21.9 Å². The number of benzene rings is 1. The third-order valence-corrected chi connectivity index (χ3v) is 5.68. The van der Waals surface area contributed by atoms with Gasteiger partial charge in [0.1, 0.15) is 17.2 Å². The number of hydrogen-bond donors (Lipinski definition) is 0. The van der Waals surface area contributed by atoms with Gasteiger partial charge in [0, 0.05) is 35.3 Å². The van der Waals surface area contributed by atoms with E-state index in [9.17, 15) is 17.6 Å². The van der Waals surface area contributed by atoms with Crippen LogP contribution in [-0.4, -0.2) is 37.9 Å². The van der Waals surface area contributed by atoms with Crippen molar-refractivity contribution in [3.8, 4) is 11.8 Å². The summed E-state index contributed by atoms with van der Waals surface area (Å²) in [6.07, 6.45) is 1.48. The average Bonchev–Trinajstić information content (AvgIpc) is 3.39. The summed E-state index contributed by atoms with van der Waals surface area (Å²) in [5.74, 6) is 4.50. The topological polar surface area (TPSA) is 59.7 Å². The van der Waals surface area contributed by atoms with Gasteiger partial charge < -0.3 is 4.90 Å². The summed E-state index contributed by atoms with van der Waals surface area (Å²) in [6.45, 7) is 1.16. The molecule has 33 heavy (non-hydrogen) atoms. The first-order chi connectivity index (χ1) is 15.7. The van der Waals surface area contributed by atoms with Crippen molar-refractivity contribution in [3.63, 3.8) is 0 Å². The average molecular weight is 454 g/mol. The van der Waals surface area contributed by atoms with Crippen LogP contribution < -0.4 is 4.90 Å². The number of rotatable bonds is 4. The second-order valence-electron chi connectivity index (χ2n) is 8.38. The van der Waals surface area contributed by atoms with E-state index in [-0.39, 0.29) is 28.0 Å². The number of halogens is 4. The molecule has 6 nitrogen and oxygen atoms in total. The molecule has 0 unspecified atom stereocenters. The number of anilines is 2. The van der Waals surface area contributed by atoms with Crippen molar-refractivity contribution in [1.29, 1.82) is 0 Å². The molecule has 168 valence electrons. The standard InChI is InChI=1S/C23H18F4N6/c1-23(5-6-23)4-3-13-7-14(24)9-15(8-13)33(12-18(26)27)22-19-16(10-28-11-17(19)25)20-21(29-22)30-31-32(20)2/h7-11,18H,5-6,12H2,1-2H3. The molecule has 4 aromatic rings. The molecule has 0 radical (unpaired) electrons. The van der Waals surface area contributed by atoms with Crippen molar-refractivity contribution in [2.24, 2.45) is 12.5 Å². The van der Waals surface area contributed by atoms with Crippen LogP contribution in [0.2, 0.25) is 0 Å². The Morgan fingerprint density at radius 3 is 2.70 bits per heavy atom. The van der Waals surface area contributed by atoms with Gasteiger partial charge in [0.15, 0.2) is 5.82 Å². The Morgan fingerprint density at radius 1 is 1.18 bits per heavy atom. The zero-order valence-electron chi connectivity index (χ0n) is 17.8. The molecular formula is C23H18F4N6. The number of alkyl halides is 2. The van der Waals surface area contributed by atoms with Gasteiger partial charge in [0.2, 0.25) is 5.65 Å². The Bertz CT molecular complexity index is 1450. The van der Waals surface area contributed by atoms with E-state index in [4.69, 9.17) is 0 Å². The molecule has 0 aliphatic heterocycles. The number of aryl methyl sites for hydroxylation is 1. The molecule has 10 heteroatoms. The second kappa shape index (κ2) is 7.69. The van der Waals surface area contributed by atoms with Gasteiger partial charge in [-0.25, -0.2) is 27.2 Å². The summed E-state index contributed by atoms with van der Waals surface area (Å²) in [7, 11) is 1.61. The minimum Gasteiger partial charge on any atom is -0.320 e. The fraction of sp³-hybridized carbons (Fsp3) is 0.304. The van der Waals surface area contributed by atoms with Gasteiger partial charge in [-0.1, -0.05) is 17.1 Å². The highest BCUT2D eigenvalue weighted by atomic mass is 19.3. The highest BCUT2D eigenvalue weighted by Gasteiger charge is 2.35. The molecule has 0 saturated heterocycles. The molecule has 1 aliphatic carbocycles. The fourth-order valence-electron chi connectivity index (χ4n) is 3.70. The predicted octanol–water partition coefficient (Wildman–Crippen LogP) is 4.74. The molecule has 1 saturated carbocycles. The lowest BCUT2D eigenvalue weighted by molar-refractivity contribution is 0.158. The van der Waals surface area contributed by atoms with Crippen molar-refractivity contribution in [3.05, 3.63) is 47.8 Å². The van der Waals surface area contributed by atoms with E-state index in [1.807, 2.05) is 6.92 Å². The third kappa shape index (κ3) is 3.95. The monoisotopic (exact) mass is 454 g/mol. The van der Waals surface area contributed by atoms with Gasteiger partial charge >= 0.3 is 0 Å². The maximum atomic E-state index is 15.0. The van der Waals surface area contributed by atoms with Crippen LogP contribution in [0.5, 0.6) is 0 Å². The summed E-state index contributed by atoms with van der Waals surface area (Å²) in [4.78, 5) is 9.30. The van der Waals surface area contributed by atoms with Gasteiger partial charge in [-0.05, 0) is 38.0 Å². The molecule has 0 N–H and O–H groups in total. The summed E-state index contributed by atoms with van der Waals surface area (Å²) in [5.41, 5.74) is 0.851. The number of nitrogens with zero attached hydrogens (tertiary/aromatic N) is 6. The Balaban J connectivity index is 1.74. The van der Waals surface area contributed by atoms with E-state index >= 15 is 0 Å². The van der Waals surface area contributed by atoms with E-state index in [0.29, 0.717) is 16.5 Å². The van der Waals surface area contributed by atoms with Crippen LogP contribution in [0, 0.1) is 28.9 Å². The van der Waals surface area contributed by atoms with Crippen molar-refractivity contribution in [2.75, 3.05) is 11.4 Å². The first-order valence-corrected chi connectivity index (χ1v) is 10.3. The Labute approximate surface area is 186 Å². The minimum atomic E-state index is -2.81. The molecule has 0 atom stereocenters. The predicted molar refractivity (Wildman–Crippen MR) is 115 cm³/mol. The van der Waals surface area contributed by atoms with Gasteiger partial charge in [0.25, 0.3) is 6.43 Å². The van der Waals surface area contributed by atoms with Crippen molar-refractivity contribution in [2.45, 2.75) is 26.2 Å². The van der Waals surface area contributed by atoms with Gasteiger partial charge in [-0.3, -0.25) is 4.98 Å². The Hall–Kier alpha value is -3.74. The molecule has 1 fully saturated rings. The second-order valence-corrected chi connectivity index (χ2v) is 8.38. The lowest BCUT2D eigenvalue weighted by Gasteiger charge is -2.25. The number of pyridine rings is 2. The van der Waals surface area contributed by atoms with Crippen molar-refractivity contribution < 1.29 is 17.6 Å². The minimum absolute atomic E-state index is 0.0362. The Kier molecular flexibility index (Phi) is 4.92. The van der Waals surface area contributed by atoms with E-state index < -0.39 is 24.6 Å². The number of hydrogen-bond acceptors (Lipinski definition) is 5. The van der Waals surface area contributed by atoms with Crippen molar-refractivity contribution >= 4 is 33.4 Å². The highest BCUT2D eigenvalue weighted by molar-refractivity contribution is 6.08. The molecule has 0 bridgehead atoms. The molecule has 3 heterocycles.